The number of nitrogens with two attached hydrogens (primary N) is 1. The lowest BCUT2D eigenvalue weighted by molar-refractivity contribution is -0.118. The number of hydrogen-bond donors (Lipinski definition) is 3. The van der Waals surface area contributed by atoms with Crippen molar-refractivity contribution in [2.75, 3.05) is 18.5 Å². The van der Waals surface area contributed by atoms with Gasteiger partial charge in [-0.1, -0.05) is 12.8 Å². The Kier molecular flexibility index (Phi) is 7.89. The van der Waals surface area contributed by atoms with Gasteiger partial charge in [0, 0.05) is 30.7 Å². The number of rotatable bonds is 8. The fraction of sp³-hybridized carbons (Fsp3) is 0.520. The molecule has 11 heteroatoms. The van der Waals surface area contributed by atoms with Crippen LogP contribution in [0, 0.1) is 12.8 Å². The van der Waals surface area contributed by atoms with Crippen molar-refractivity contribution in [3.63, 3.8) is 0 Å². The van der Waals surface area contributed by atoms with Crippen LogP contribution in [-0.4, -0.2) is 48.7 Å². The van der Waals surface area contributed by atoms with Crippen LogP contribution in [0.2, 0.25) is 0 Å². The number of ether oxygens (including phenoxy) is 1. The van der Waals surface area contributed by atoms with Crippen LogP contribution in [0.15, 0.2) is 34.1 Å². The second-order valence-electron chi connectivity index (χ2n) is 9.64. The smallest absolute Gasteiger partial charge is 0.253 e. The van der Waals surface area contributed by atoms with E-state index in [9.17, 15) is 22.8 Å². The van der Waals surface area contributed by atoms with Crippen molar-refractivity contribution in [3.8, 4) is 0 Å². The first kappa shape index (κ1) is 26.0. The Labute approximate surface area is 210 Å². The van der Waals surface area contributed by atoms with E-state index in [4.69, 9.17) is 10.5 Å². The van der Waals surface area contributed by atoms with Crippen molar-refractivity contribution in [3.05, 3.63) is 51.6 Å². The number of pyridine rings is 2. The topological polar surface area (TPSA) is 161 Å². The molecule has 1 aliphatic carbocycles. The fourth-order valence-corrected chi connectivity index (χ4v) is 7.31. The number of aromatic amines is 1. The number of H-pyrrole nitrogens is 1. The summed E-state index contributed by atoms with van der Waals surface area (Å²) in [7, 11) is -3.81. The van der Waals surface area contributed by atoms with Crippen LogP contribution in [0.5, 0.6) is 0 Å². The highest BCUT2D eigenvalue weighted by Crippen LogP contribution is 2.36. The molecule has 4 rings (SSSR count). The summed E-state index contributed by atoms with van der Waals surface area (Å²) in [6.07, 6.45) is 5.70. The number of sulfone groups is 1. The molecule has 2 aromatic heterocycles. The Morgan fingerprint density at radius 3 is 2.50 bits per heavy atom. The Hall–Kier alpha value is -3.05. The molecular weight excluding hydrogens is 484 g/mol. The molecule has 0 unspecified atom stereocenters. The van der Waals surface area contributed by atoms with E-state index in [0.717, 1.165) is 12.8 Å². The van der Waals surface area contributed by atoms with Gasteiger partial charge < -0.3 is 20.8 Å². The third-order valence-electron chi connectivity index (χ3n) is 7.09. The molecule has 1 saturated heterocycles. The number of amides is 2. The van der Waals surface area contributed by atoms with Gasteiger partial charge in [-0.05, 0) is 63.1 Å². The summed E-state index contributed by atoms with van der Waals surface area (Å²) in [6.45, 7) is 2.73. The monoisotopic (exact) mass is 516 g/mol. The van der Waals surface area contributed by atoms with Crippen LogP contribution in [-0.2, 0) is 19.4 Å². The minimum Gasteiger partial charge on any atom is -0.381 e. The molecule has 2 fully saturated rings. The van der Waals surface area contributed by atoms with Crippen molar-refractivity contribution in [1.29, 1.82) is 0 Å². The molecule has 2 aromatic rings. The second kappa shape index (κ2) is 10.9. The minimum absolute atomic E-state index is 0.0229. The highest BCUT2D eigenvalue weighted by Gasteiger charge is 2.38. The standard InChI is InChI=1S/C25H32N4O6S/c1-15-12-20(36(33,34)18-4-2-3-5-18)22(25(32)28-15)19(13-16-8-10-35-11-9-16)24(31)29-21-7-6-17(14-27-21)23(26)30/h6-7,12,14,16,18-19H,2-5,8-11,13H2,1H3,(H2,26,30)(H,28,32)(H,27,29,31)/t19-/m0/s1. The minimum atomic E-state index is -3.81. The largest absolute Gasteiger partial charge is 0.381 e. The average molecular weight is 517 g/mol. The number of aryl methyl sites for hydroxylation is 1. The van der Waals surface area contributed by atoms with E-state index in [-0.39, 0.29) is 27.8 Å². The molecule has 1 aliphatic heterocycles. The van der Waals surface area contributed by atoms with E-state index < -0.39 is 38.4 Å². The number of aromatic nitrogens is 2. The van der Waals surface area contributed by atoms with Gasteiger partial charge in [0.05, 0.1) is 21.6 Å². The molecular formula is C25H32N4O6S. The summed E-state index contributed by atoms with van der Waals surface area (Å²) in [5, 5.41) is 2.14. The first-order valence-electron chi connectivity index (χ1n) is 12.3. The van der Waals surface area contributed by atoms with Crippen LogP contribution in [0.25, 0.3) is 0 Å². The molecule has 4 N–H and O–H groups in total. The van der Waals surface area contributed by atoms with Crippen LogP contribution in [0.4, 0.5) is 5.82 Å². The molecule has 10 nitrogen and oxygen atoms in total. The van der Waals surface area contributed by atoms with Crippen molar-refractivity contribution >= 4 is 27.5 Å². The van der Waals surface area contributed by atoms with Gasteiger partial charge in [0.1, 0.15) is 5.82 Å². The molecule has 2 amide bonds. The molecule has 0 radical (unpaired) electrons. The van der Waals surface area contributed by atoms with E-state index in [1.807, 2.05) is 0 Å². The van der Waals surface area contributed by atoms with E-state index in [1.165, 1.54) is 24.4 Å². The maximum absolute atomic E-state index is 13.7. The molecule has 194 valence electrons. The van der Waals surface area contributed by atoms with E-state index in [1.54, 1.807) is 6.92 Å². The van der Waals surface area contributed by atoms with Gasteiger partial charge in [0.2, 0.25) is 11.8 Å². The predicted molar refractivity (Wildman–Crippen MR) is 134 cm³/mol. The Morgan fingerprint density at radius 1 is 1.19 bits per heavy atom. The Balaban J connectivity index is 1.75. The van der Waals surface area contributed by atoms with Gasteiger partial charge in [0.15, 0.2) is 9.84 Å². The maximum Gasteiger partial charge on any atom is 0.253 e. The number of carbonyl (C=O) groups excluding carboxylic acids is 2. The Morgan fingerprint density at radius 2 is 1.89 bits per heavy atom. The molecule has 0 spiro atoms. The zero-order valence-corrected chi connectivity index (χ0v) is 21.1. The molecule has 2 aliphatic rings. The number of primary amides is 1. The predicted octanol–water partition coefficient (Wildman–Crippen LogP) is 2.43. The third kappa shape index (κ3) is 5.67. The van der Waals surface area contributed by atoms with Gasteiger partial charge >= 0.3 is 0 Å². The van der Waals surface area contributed by atoms with Gasteiger partial charge in [-0.2, -0.15) is 0 Å². The lowest BCUT2D eigenvalue weighted by atomic mass is 9.84. The van der Waals surface area contributed by atoms with E-state index in [0.29, 0.717) is 51.0 Å². The molecule has 1 saturated carbocycles. The fourth-order valence-electron chi connectivity index (χ4n) is 5.11. The highest BCUT2D eigenvalue weighted by molar-refractivity contribution is 7.92. The number of nitrogens with one attached hydrogen (secondary N) is 2. The summed E-state index contributed by atoms with van der Waals surface area (Å²) < 4.78 is 32.8. The quantitative estimate of drug-likeness (QED) is 0.485. The zero-order valence-electron chi connectivity index (χ0n) is 20.3. The zero-order chi connectivity index (χ0) is 25.9. The number of carbonyl (C=O) groups is 2. The maximum atomic E-state index is 13.7. The molecule has 0 bridgehead atoms. The molecule has 36 heavy (non-hydrogen) atoms. The van der Waals surface area contributed by atoms with Crippen LogP contribution >= 0.6 is 0 Å². The van der Waals surface area contributed by atoms with Crippen LogP contribution in [0.1, 0.15) is 72.5 Å². The lowest BCUT2D eigenvalue weighted by Crippen LogP contribution is -2.33. The summed E-state index contributed by atoms with van der Waals surface area (Å²) in [6, 6.07) is 4.36. The first-order valence-corrected chi connectivity index (χ1v) is 13.8. The Bertz CT molecular complexity index is 1280. The molecule has 0 aromatic carbocycles. The van der Waals surface area contributed by atoms with Gasteiger partial charge in [-0.25, -0.2) is 13.4 Å². The third-order valence-corrected chi connectivity index (χ3v) is 9.39. The van der Waals surface area contributed by atoms with Crippen molar-refractivity contribution < 1.29 is 22.7 Å². The summed E-state index contributed by atoms with van der Waals surface area (Å²) in [5.41, 5.74) is 5.28. The highest BCUT2D eigenvalue weighted by atomic mass is 32.2. The first-order chi connectivity index (χ1) is 17.2. The van der Waals surface area contributed by atoms with Gasteiger partial charge in [0.25, 0.3) is 5.56 Å². The van der Waals surface area contributed by atoms with E-state index in [2.05, 4.69) is 15.3 Å². The number of hydrogen-bond acceptors (Lipinski definition) is 7. The van der Waals surface area contributed by atoms with Crippen molar-refractivity contribution in [2.24, 2.45) is 11.7 Å². The normalized spacial score (nSPS) is 18.1. The average Bonchev–Trinajstić information content (AvgIpc) is 3.39. The SMILES string of the molecule is Cc1cc(S(=O)(=O)C2CCCC2)c([C@H](CC2CCOCC2)C(=O)Nc2ccc(C(N)=O)cn2)c(=O)[nH]1. The summed E-state index contributed by atoms with van der Waals surface area (Å²) in [5.74, 6) is -1.93. The molecule has 3 heterocycles. The van der Waals surface area contributed by atoms with Gasteiger partial charge in [-0.15, -0.1) is 0 Å². The second-order valence-corrected chi connectivity index (χ2v) is 11.8. The summed E-state index contributed by atoms with van der Waals surface area (Å²) >= 11 is 0. The van der Waals surface area contributed by atoms with Gasteiger partial charge in [-0.3, -0.25) is 14.4 Å². The molecule has 1 atom stereocenters. The van der Waals surface area contributed by atoms with E-state index >= 15 is 0 Å². The number of nitrogens with zero attached hydrogens (tertiary/aromatic N) is 1. The number of anilines is 1. The lowest BCUT2D eigenvalue weighted by Gasteiger charge is -2.27. The summed E-state index contributed by atoms with van der Waals surface area (Å²) in [4.78, 5) is 45.0. The van der Waals surface area contributed by atoms with Crippen LogP contribution in [0.3, 0.4) is 0 Å². The van der Waals surface area contributed by atoms with Crippen LogP contribution < -0.4 is 16.6 Å². The van der Waals surface area contributed by atoms with Crippen molar-refractivity contribution in [2.45, 2.75) is 67.9 Å². The van der Waals surface area contributed by atoms with Crippen molar-refractivity contribution in [1.82, 2.24) is 9.97 Å².